The van der Waals surface area contributed by atoms with Crippen molar-refractivity contribution in [3.05, 3.63) is 40.2 Å². The van der Waals surface area contributed by atoms with E-state index in [9.17, 15) is 4.79 Å². The molecule has 0 amide bonds. The zero-order valence-corrected chi connectivity index (χ0v) is 10.8. The molecular weight excluding hydrogens is 212 g/mol. The Morgan fingerprint density at radius 2 is 1.94 bits per heavy atom. The van der Waals surface area contributed by atoms with Crippen LogP contribution in [0.3, 0.4) is 0 Å². The maximum atomic E-state index is 12.3. The lowest BCUT2D eigenvalue weighted by molar-refractivity contribution is 0.757. The van der Waals surface area contributed by atoms with Gasteiger partial charge in [-0.1, -0.05) is 11.6 Å². The minimum absolute atomic E-state index is 0.0776. The number of aromatic nitrogens is 1. The molecule has 0 aliphatic rings. The third kappa shape index (κ3) is 1.93. The van der Waals surface area contributed by atoms with Crippen molar-refractivity contribution in [3.8, 4) is 0 Å². The van der Waals surface area contributed by atoms with Gasteiger partial charge in [-0.2, -0.15) is 0 Å². The van der Waals surface area contributed by atoms with Crippen LogP contribution in [0.4, 0.5) is 5.69 Å². The van der Waals surface area contributed by atoms with Crippen LogP contribution in [0.5, 0.6) is 0 Å². The third-order valence-corrected chi connectivity index (χ3v) is 3.03. The number of pyridine rings is 1. The van der Waals surface area contributed by atoms with E-state index in [0.717, 1.165) is 16.6 Å². The van der Waals surface area contributed by atoms with Gasteiger partial charge in [0.25, 0.3) is 5.56 Å². The van der Waals surface area contributed by atoms with Gasteiger partial charge in [-0.25, -0.2) is 0 Å². The topological polar surface area (TPSA) is 25.2 Å². The van der Waals surface area contributed by atoms with Gasteiger partial charge < -0.3 is 9.47 Å². The van der Waals surface area contributed by atoms with Crippen molar-refractivity contribution in [2.24, 2.45) is 0 Å². The number of rotatable bonds is 2. The number of anilines is 1. The summed E-state index contributed by atoms with van der Waals surface area (Å²) in [6.45, 7) is 4.76. The second kappa shape index (κ2) is 4.24. The van der Waals surface area contributed by atoms with Crippen molar-refractivity contribution in [1.29, 1.82) is 0 Å². The maximum Gasteiger partial charge on any atom is 0.274 e. The van der Waals surface area contributed by atoms with Crippen LogP contribution in [-0.2, 0) is 6.54 Å². The highest BCUT2D eigenvalue weighted by atomic mass is 16.1. The summed E-state index contributed by atoms with van der Waals surface area (Å²) in [5.41, 5.74) is 3.04. The van der Waals surface area contributed by atoms with Gasteiger partial charge in [-0.15, -0.1) is 0 Å². The van der Waals surface area contributed by atoms with E-state index in [0.29, 0.717) is 6.54 Å². The molecule has 3 nitrogen and oxygen atoms in total. The number of hydrogen-bond donors (Lipinski definition) is 0. The maximum absolute atomic E-state index is 12.3. The number of aryl methyl sites for hydroxylation is 2. The van der Waals surface area contributed by atoms with Crippen LogP contribution >= 0.6 is 0 Å². The largest absolute Gasteiger partial charge is 0.373 e. The average molecular weight is 230 g/mol. The Balaban J connectivity index is 2.89. The summed E-state index contributed by atoms with van der Waals surface area (Å²) in [5, 5.41) is 1.12. The molecule has 0 bridgehead atoms. The first-order valence-electron chi connectivity index (χ1n) is 5.86. The van der Waals surface area contributed by atoms with E-state index < -0.39 is 0 Å². The summed E-state index contributed by atoms with van der Waals surface area (Å²) >= 11 is 0. The molecule has 0 saturated carbocycles. The van der Waals surface area contributed by atoms with Crippen LogP contribution in [0.2, 0.25) is 0 Å². The zero-order chi connectivity index (χ0) is 12.6. The molecule has 1 aromatic heterocycles. The van der Waals surface area contributed by atoms with Crippen LogP contribution in [0.1, 0.15) is 12.5 Å². The first-order chi connectivity index (χ1) is 8.04. The molecule has 0 aliphatic carbocycles. The van der Waals surface area contributed by atoms with Gasteiger partial charge in [0.1, 0.15) is 5.69 Å². The van der Waals surface area contributed by atoms with E-state index in [1.807, 2.05) is 48.7 Å². The molecular formula is C14H18N2O. The fraction of sp³-hybridized carbons (Fsp3) is 0.357. The van der Waals surface area contributed by atoms with Crippen molar-refractivity contribution in [1.82, 2.24) is 4.57 Å². The summed E-state index contributed by atoms with van der Waals surface area (Å²) in [6.07, 6.45) is 0. The molecule has 0 N–H and O–H groups in total. The van der Waals surface area contributed by atoms with Crippen molar-refractivity contribution >= 4 is 16.6 Å². The highest BCUT2D eigenvalue weighted by molar-refractivity contribution is 5.83. The zero-order valence-electron chi connectivity index (χ0n) is 10.8. The summed E-state index contributed by atoms with van der Waals surface area (Å²) in [7, 11) is 3.80. The average Bonchev–Trinajstić information content (AvgIpc) is 2.28. The van der Waals surface area contributed by atoms with E-state index in [1.54, 1.807) is 0 Å². The molecule has 3 heteroatoms. The smallest absolute Gasteiger partial charge is 0.274 e. The predicted octanol–water partition coefficient (Wildman–Crippen LogP) is 2.40. The lowest BCUT2D eigenvalue weighted by Crippen LogP contribution is -2.26. The van der Waals surface area contributed by atoms with Gasteiger partial charge in [0.05, 0.1) is 5.52 Å². The Hall–Kier alpha value is -1.77. The molecule has 90 valence electrons. The number of nitrogens with zero attached hydrogens (tertiary/aromatic N) is 2. The first-order valence-corrected chi connectivity index (χ1v) is 5.86. The Morgan fingerprint density at radius 3 is 2.53 bits per heavy atom. The van der Waals surface area contributed by atoms with Gasteiger partial charge in [-0.3, -0.25) is 4.79 Å². The van der Waals surface area contributed by atoms with E-state index >= 15 is 0 Å². The Bertz CT molecular complexity index is 611. The fourth-order valence-corrected chi connectivity index (χ4v) is 2.13. The normalized spacial score (nSPS) is 10.8. The molecule has 0 fully saturated rings. The monoisotopic (exact) mass is 230 g/mol. The van der Waals surface area contributed by atoms with Crippen LogP contribution in [-0.4, -0.2) is 18.7 Å². The van der Waals surface area contributed by atoms with Gasteiger partial charge in [0, 0.05) is 26.0 Å². The Kier molecular flexibility index (Phi) is 2.92. The SMILES string of the molecule is CCn1c(=O)c(N(C)C)cc2cc(C)ccc21. The van der Waals surface area contributed by atoms with Crippen LogP contribution < -0.4 is 10.5 Å². The second-order valence-electron chi connectivity index (χ2n) is 4.54. The van der Waals surface area contributed by atoms with Gasteiger partial charge in [0.15, 0.2) is 0 Å². The van der Waals surface area contributed by atoms with E-state index in [4.69, 9.17) is 0 Å². The molecule has 1 heterocycles. The van der Waals surface area contributed by atoms with Gasteiger partial charge in [0.2, 0.25) is 0 Å². The van der Waals surface area contributed by atoms with Crippen LogP contribution in [0.15, 0.2) is 29.1 Å². The second-order valence-corrected chi connectivity index (χ2v) is 4.54. The summed E-state index contributed by atoms with van der Waals surface area (Å²) < 4.78 is 1.82. The minimum Gasteiger partial charge on any atom is -0.373 e. The molecule has 2 aromatic rings. The van der Waals surface area contributed by atoms with Crippen molar-refractivity contribution in [2.45, 2.75) is 20.4 Å². The third-order valence-electron chi connectivity index (χ3n) is 3.03. The predicted molar refractivity (Wildman–Crippen MR) is 72.9 cm³/mol. The molecule has 0 spiro atoms. The van der Waals surface area contributed by atoms with E-state index in [-0.39, 0.29) is 5.56 Å². The molecule has 0 atom stereocenters. The van der Waals surface area contributed by atoms with Gasteiger partial charge in [-0.05, 0) is 32.0 Å². The molecule has 0 unspecified atom stereocenters. The Labute approximate surface area is 101 Å². The van der Waals surface area contributed by atoms with E-state index in [2.05, 4.69) is 13.0 Å². The number of benzene rings is 1. The lowest BCUT2D eigenvalue weighted by atomic mass is 10.1. The molecule has 0 saturated heterocycles. The standard InChI is InChI=1S/C14H18N2O/c1-5-16-12-7-6-10(2)8-11(12)9-13(14(16)17)15(3)4/h6-9H,5H2,1-4H3. The number of fused-ring (bicyclic) bond motifs is 1. The van der Waals surface area contributed by atoms with Crippen LogP contribution in [0, 0.1) is 6.92 Å². The van der Waals surface area contributed by atoms with Crippen molar-refractivity contribution < 1.29 is 0 Å². The van der Waals surface area contributed by atoms with Crippen molar-refractivity contribution in [3.63, 3.8) is 0 Å². The summed E-state index contributed by atoms with van der Waals surface area (Å²) in [5.74, 6) is 0. The summed E-state index contributed by atoms with van der Waals surface area (Å²) in [6, 6.07) is 8.16. The minimum atomic E-state index is 0.0776. The van der Waals surface area contributed by atoms with E-state index in [1.165, 1.54) is 5.56 Å². The lowest BCUT2D eigenvalue weighted by Gasteiger charge is -2.16. The molecule has 0 radical (unpaired) electrons. The number of hydrogen-bond acceptors (Lipinski definition) is 2. The highest BCUT2D eigenvalue weighted by Gasteiger charge is 2.09. The van der Waals surface area contributed by atoms with Gasteiger partial charge >= 0.3 is 0 Å². The molecule has 1 aromatic carbocycles. The highest BCUT2D eigenvalue weighted by Crippen LogP contribution is 2.18. The Morgan fingerprint density at radius 1 is 1.24 bits per heavy atom. The molecule has 2 rings (SSSR count). The molecule has 17 heavy (non-hydrogen) atoms. The quantitative estimate of drug-likeness (QED) is 0.791. The van der Waals surface area contributed by atoms with Crippen LogP contribution in [0.25, 0.3) is 10.9 Å². The summed E-state index contributed by atoms with van der Waals surface area (Å²) in [4.78, 5) is 14.1. The fourth-order valence-electron chi connectivity index (χ4n) is 2.13. The first kappa shape index (κ1) is 11.7. The van der Waals surface area contributed by atoms with Crippen molar-refractivity contribution in [2.75, 3.05) is 19.0 Å². The molecule has 0 aliphatic heterocycles.